The third-order valence-electron chi connectivity index (χ3n) is 4.72. The molecule has 0 spiro atoms. The number of benzene rings is 3. The number of hydrogen-bond donors (Lipinski definition) is 2. The highest BCUT2D eigenvalue weighted by atomic mass is 16.5. The third-order valence-corrected chi connectivity index (χ3v) is 4.72. The van der Waals surface area contributed by atoms with E-state index in [9.17, 15) is 15.0 Å². The molecule has 0 aromatic heterocycles. The lowest BCUT2D eigenvalue weighted by atomic mass is 9.96. The van der Waals surface area contributed by atoms with Crippen molar-refractivity contribution in [3.8, 4) is 17.2 Å². The standard InChI is InChI=1S/C24H24O6/c1-28-18-10-8-17(9-11-18)22(25)24(27)23(26)20-13-12-19(29-2)14-21(20)30-15-16-6-4-3-5-7-16/h3-14,22,24-25,27H,15H2,1-2H3. The van der Waals surface area contributed by atoms with Crippen LogP contribution in [0.1, 0.15) is 27.6 Å². The Balaban J connectivity index is 1.82. The van der Waals surface area contributed by atoms with E-state index in [1.54, 1.807) is 36.4 Å². The number of methoxy groups -OCH3 is 2. The highest BCUT2D eigenvalue weighted by molar-refractivity contribution is 6.02. The lowest BCUT2D eigenvalue weighted by Crippen LogP contribution is -2.28. The van der Waals surface area contributed by atoms with Gasteiger partial charge in [0.15, 0.2) is 5.78 Å². The van der Waals surface area contributed by atoms with Crippen molar-refractivity contribution < 1.29 is 29.2 Å². The van der Waals surface area contributed by atoms with E-state index < -0.39 is 18.0 Å². The molecule has 2 unspecified atom stereocenters. The van der Waals surface area contributed by atoms with Crippen LogP contribution < -0.4 is 14.2 Å². The number of ketones is 1. The molecular formula is C24H24O6. The first kappa shape index (κ1) is 21.4. The number of carbonyl (C=O) groups is 1. The number of aliphatic hydroxyl groups is 2. The molecule has 3 rings (SSSR count). The van der Waals surface area contributed by atoms with Gasteiger partial charge in [-0.3, -0.25) is 4.79 Å². The van der Waals surface area contributed by atoms with Crippen molar-refractivity contribution in [3.63, 3.8) is 0 Å². The Hall–Kier alpha value is -3.35. The first-order valence-corrected chi connectivity index (χ1v) is 9.42. The van der Waals surface area contributed by atoms with Crippen molar-refractivity contribution in [2.75, 3.05) is 14.2 Å². The molecule has 0 radical (unpaired) electrons. The van der Waals surface area contributed by atoms with Crippen LogP contribution in [0.25, 0.3) is 0 Å². The van der Waals surface area contributed by atoms with Gasteiger partial charge in [0.25, 0.3) is 0 Å². The van der Waals surface area contributed by atoms with Crippen molar-refractivity contribution >= 4 is 5.78 Å². The van der Waals surface area contributed by atoms with Crippen LogP contribution in [0.4, 0.5) is 0 Å². The number of rotatable bonds is 9. The summed E-state index contributed by atoms with van der Waals surface area (Å²) < 4.78 is 16.2. The highest BCUT2D eigenvalue weighted by Gasteiger charge is 2.29. The number of carbonyl (C=O) groups excluding carboxylic acids is 1. The predicted octanol–water partition coefficient (Wildman–Crippen LogP) is 3.56. The summed E-state index contributed by atoms with van der Waals surface area (Å²) in [7, 11) is 3.05. The molecule has 0 aliphatic rings. The second-order valence-electron chi connectivity index (χ2n) is 6.66. The zero-order chi connectivity index (χ0) is 21.5. The summed E-state index contributed by atoms with van der Waals surface area (Å²) in [6.07, 6.45) is -3.06. The predicted molar refractivity (Wildman–Crippen MR) is 112 cm³/mol. The number of hydrogen-bond acceptors (Lipinski definition) is 6. The second kappa shape index (κ2) is 9.91. The molecule has 6 heteroatoms. The Morgan fingerprint density at radius 2 is 1.50 bits per heavy atom. The number of Topliss-reactive ketones (excluding diaryl/α,β-unsaturated/α-hetero) is 1. The summed E-state index contributed by atoms with van der Waals surface area (Å²) >= 11 is 0. The van der Waals surface area contributed by atoms with Crippen LogP contribution in [0.5, 0.6) is 17.2 Å². The summed E-state index contributed by atoms with van der Waals surface area (Å²) in [5.74, 6) is 0.742. The fraction of sp³-hybridized carbons (Fsp3) is 0.208. The summed E-state index contributed by atoms with van der Waals surface area (Å²) in [4.78, 5) is 13.0. The van der Waals surface area contributed by atoms with Crippen LogP contribution >= 0.6 is 0 Å². The van der Waals surface area contributed by atoms with Gasteiger partial charge in [0, 0.05) is 6.07 Å². The average molecular weight is 408 g/mol. The average Bonchev–Trinajstić information content (AvgIpc) is 2.81. The van der Waals surface area contributed by atoms with Gasteiger partial charge in [-0.25, -0.2) is 0 Å². The molecule has 0 fully saturated rings. The smallest absolute Gasteiger partial charge is 0.198 e. The Morgan fingerprint density at radius 3 is 2.13 bits per heavy atom. The van der Waals surface area contributed by atoms with Crippen molar-refractivity contribution in [1.82, 2.24) is 0 Å². The first-order valence-electron chi connectivity index (χ1n) is 9.42. The zero-order valence-corrected chi connectivity index (χ0v) is 16.8. The fourth-order valence-electron chi connectivity index (χ4n) is 2.97. The molecule has 3 aromatic rings. The van der Waals surface area contributed by atoms with Gasteiger partial charge in [0.2, 0.25) is 0 Å². The second-order valence-corrected chi connectivity index (χ2v) is 6.66. The van der Waals surface area contributed by atoms with Gasteiger partial charge < -0.3 is 24.4 Å². The SMILES string of the molecule is COc1ccc(C(O)C(O)C(=O)c2ccc(OC)cc2OCc2ccccc2)cc1. The Morgan fingerprint density at radius 1 is 0.867 bits per heavy atom. The van der Waals surface area contributed by atoms with E-state index in [-0.39, 0.29) is 17.9 Å². The maximum Gasteiger partial charge on any atom is 0.198 e. The van der Waals surface area contributed by atoms with Crippen LogP contribution in [-0.2, 0) is 6.61 Å². The van der Waals surface area contributed by atoms with Crippen molar-refractivity contribution in [1.29, 1.82) is 0 Å². The van der Waals surface area contributed by atoms with Crippen molar-refractivity contribution in [2.45, 2.75) is 18.8 Å². The van der Waals surface area contributed by atoms with Gasteiger partial charge >= 0.3 is 0 Å². The maximum atomic E-state index is 13.0. The Bertz CT molecular complexity index is 969. The summed E-state index contributed by atoms with van der Waals surface area (Å²) in [5.41, 5.74) is 1.49. The Labute approximate surface area is 175 Å². The third kappa shape index (κ3) is 4.97. The van der Waals surface area contributed by atoms with Gasteiger partial charge in [-0.2, -0.15) is 0 Å². The van der Waals surface area contributed by atoms with E-state index in [0.717, 1.165) is 5.56 Å². The van der Waals surface area contributed by atoms with Crippen LogP contribution in [0.2, 0.25) is 0 Å². The minimum atomic E-state index is -1.66. The molecule has 0 bridgehead atoms. The molecular weight excluding hydrogens is 384 g/mol. The number of ether oxygens (including phenoxy) is 3. The van der Waals surface area contributed by atoms with E-state index >= 15 is 0 Å². The van der Waals surface area contributed by atoms with Gasteiger partial charge in [-0.1, -0.05) is 42.5 Å². The van der Waals surface area contributed by atoms with Gasteiger partial charge in [-0.15, -0.1) is 0 Å². The molecule has 0 heterocycles. The van der Waals surface area contributed by atoms with Crippen LogP contribution in [-0.4, -0.2) is 36.3 Å². The molecule has 30 heavy (non-hydrogen) atoms. The van der Waals surface area contributed by atoms with Crippen LogP contribution in [0.3, 0.4) is 0 Å². The fourth-order valence-corrected chi connectivity index (χ4v) is 2.97. The molecule has 0 aliphatic carbocycles. The highest BCUT2D eigenvalue weighted by Crippen LogP contribution is 2.29. The minimum absolute atomic E-state index is 0.159. The van der Waals surface area contributed by atoms with E-state index in [4.69, 9.17) is 14.2 Å². The summed E-state index contributed by atoms with van der Waals surface area (Å²) in [5, 5.41) is 21.0. The molecule has 3 aromatic carbocycles. The van der Waals surface area contributed by atoms with Gasteiger partial charge in [0.05, 0.1) is 19.8 Å². The summed E-state index contributed by atoms with van der Waals surface area (Å²) in [6.45, 7) is 0.241. The Kier molecular flexibility index (Phi) is 7.06. The van der Waals surface area contributed by atoms with E-state index in [0.29, 0.717) is 17.1 Å². The van der Waals surface area contributed by atoms with Gasteiger partial charge in [-0.05, 0) is 35.4 Å². The normalized spacial score (nSPS) is 12.7. The molecule has 0 amide bonds. The number of aliphatic hydroxyl groups excluding tert-OH is 2. The molecule has 156 valence electrons. The largest absolute Gasteiger partial charge is 0.497 e. The molecule has 0 saturated carbocycles. The van der Waals surface area contributed by atoms with E-state index in [2.05, 4.69) is 0 Å². The molecule has 2 atom stereocenters. The summed E-state index contributed by atoms with van der Waals surface area (Å²) in [6, 6.07) is 20.7. The minimum Gasteiger partial charge on any atom is -0.497 e. The molecule has 0 saturated heterocycles. The molecule has 6 nitrogen and oxygen atoms in total. The lowest BCUT2D eigenvalue weighted by molar-refractivity contribution is 0.0201. The molecule has 2 N–H and O–H groups in total. The van der Waals surface area contributed by atoms with Crippen LogP contribution in [0, 0.1) is 0 Å². The molecule has 0 aliphatic heterocycles. The lowest BCUT2D eigenvalue weighted by Gasteiger charge is -2.19. The quantitative estimate of drug-likeness (QED) is 0.527. The zero-order valence-electron chi connectivity index (χ0n) is 16.8. The van der Waals surface area contributed by atoms with Crippen LogP contribution in [0.15, 0.2) is 72.8 Å². The monoisotopic (exact) mass is 408 g/mol. The van der Waals surface area contributed by atoms with Crippen molar-refractivity contribution in [3.05, 3.63) is 89.5 Å². The van der Waals surface area contributed by atoms with E-state index in [1.807, 2.05) is 30.3 Å². The topological polar surface area (TPSA) is 85.2 Å². The van der Waals surface area contributed by atoms with E-state index in [1.165, 1.54) is 20.3 Å². The van der Waals surface area contributed by atoms with Crippen molar-refractivity contribution in [2.24, 2.45) is 0 Å². The van der Waals surface area contributed by atoms with Gasteiger partial charge in [0.1, 0.15) is 36.1 Å². The maximum absolute atomic E-state index is 13.0. The first-order chi connectivity index (χ1) is 14.5.